The first kappa shape index (κ1) is 14.0. The third-order valence-corrected chi connectivity index (χ3v) is 3.07. The molecule has 0 fully saturated rings. The Morgan fingerprint density at radius 2 is 2.24 bits per heavy atom. The standard InChI is InChI=1S/C12H16BrNO3/c1-14(12(16)4-3-7-15)9-5-6-11(17-2)10(13)8-9/h5-6,8,15H,3-4,7H2,1-2H3. The molecular weight excluding hydrogens is 286 g/mol. The second-order valence-electron chi connectivity index (χ2n) is 3.60. The molecule has 0 aliphatic carbocycles. The van der Waals surface area contributed by atoms with Crippen molar-refractivity contribution in [1.82, 2.24) is 0 Å². The van der Waals surface area contributed by atoms with Crippen LogP contribution >= 0.6 is 15.9 Å². The molecule has 0 saturated carbocycles. The van der Waals surface area contributed by atoms with Crippen LogP contribution in [0.1, 0.15) is 12.8 Å². The van der Waals surface area contributed by atoms with E-state index in [1.54, 1.807) is 25.1 Å². The fraction of sp³-hybridized carbons (Fsp3) is 0.417. The number of ether oxygens (including phenoxy) is 1. The van der Waals surface area contributed by atoms with Gasteiger partial charge in [-0.25, -0.2) is 0 Å². The van der Waals surface area contributed by atoms with Gasteiger partial charge in [-0.3, -0.25) is 4.79 Å². The molecule has 1 aromatic carbocycles. The van der Waals surface area contributed by atoms with E-state index in [0.717, 1.165) is 15.9 Å². The van der Waals surface area contributed by atoms with Crippen LogP contribution in [-0.4, -0.2) is 31.8 Å². The van der Waals surface area contributed by atoms with E-state index in [2.05, 4.69) is 15.9 Å². The Hall–Kier alpha value is -1.07. The summed E-state index contributed by atoms with van der Waals surface area (Å²) in [5.74, 6) is 0.709. The SMILES string of the molecule is COc1ccc(N(C)C(=O)CCCO)cc1Br. The van der Waals surface area contributed by atoms with Crippen molar-refractivity contribution in [2.24, 2.45) is 0 Å². The average molecular weight is 302 g/mol. The Kier molecular flexibility index (Phi) is 5.44. The summed E-state index contributed by atoms with van der Waals surface area (Å²) in [7, 11) is 3.31. The van der Waals surface area contributed by atoms with Gasteiger partial charge in [-0.2, -0.15) is 0 Å². The highest BCUT2D eigenvalue weighted by Crippen LogP contribution is 2.29. The number of hydrogen-bond donors (Lipinski definition) is 1. The summed E-state index contributed by atoms with van der Waals surface area (Å²) in [6, 6.07) is 5.45. The van der Waals surface area contributed by atoms with Gasteiger partial charge in [0.05, 0.1) is 11.6 Å². The molecule has 0 spiro atoms. The first-order valence-corrected chi connectivity index (χ1v) is 6.10. The Balaban J connectivity index is 2.78. The van der Waals surface area contributed by atoms with Crippen molar-refractivity contribution < 1.29 is 14.6 Å². The lowest BCUT2D eigenvalue weighted by atomic mass is 10.2. The minimum atomic E-state index is -0.0175. The molecular formula is C12H16BrNO3. The largest absolute Gasteiger partial charge is 0.496 e. The van der Waals surface area contributed by atoms with E-state index in [1.165, 1.54) is 0 Å². The maximum Gasteiger partial charge on any atom is 0.226 e. The molecule has 1 aromatic rings. The van der Waals surface area contributed by atoms with Crippen LogP contribution in [0.2, 0.25) is 0 Å². The fourth-order valence-corrected chi connectivity index (χ4v) is 1.93. The number of amides is 1. The zero-order valence-corrected chi connectivity index (χ0v) is 11.5. The fourth-order valence-electron chi connectivity index (χ4n) is 1.41. The molecule has 94 valence electrons. The number of rotatable bonds is 5. The minimum Gasteiger partial charge on any atom is -0.496 e. The summed E-state index contributed by atoms with van der Waals surface area (Å²) in [5, 5.41) is 8.69. The molecule has 17 heavy (non-hydrogen) atoms. The van der Waals surface area contributed by atoms with Crippen LogP contribution in [0.5, 0.6) is 5.75 Å². The van der Waals surface area contributed by atoms with Gasteiger partial charge in [-0.05, 0) is 40.5 Å². The van der Waals surface area contributed by atoms with Crippen LogP contribution in [0.25, 0.3) is 0 Å². The number of anilines is 1. The Morgan fingerprint density at radius 1 is 1.53 bits per heavy atom. The van der Waals surface area contributed by atoms with E-state index in [1.807, 2.05) is 12.1 Å². The van der Waals surface area contributed by atoms with Gasteiger partial charge in [0.1, 0.15) is 5.75 Å². The normalized spacial score (nSPS) is 10.1. The number of aliphatic hydroxyl groups is 1. The van der Waals surface area contributed by atoms with Crippen molar-refractivity contribution in [3.8, 4) is 5.75 Å². The molecule has 0 unspecified atom stereocenters. The second-order valence-corrected chi connectivity index (χ2v) is 4.45. The number of methoxy groups -OCH3 is 1. The lowest BCUT2D eigenvalue weighted by molar-refractivity contribution is -0.118. The first-order chi connectivity index (χ1) is 8.10. The molecule has 0 heterocycles. The summed E-state index contributed by atoms with van der Waals surface area (Å²) >= 11 is 3.37. The summed E-state index contributed by atoms with van der Waals surface area (Å²) in [6.45, 7) is 0.0336. The number of hydrogen-bond acceptors (Lipinski definition) is 3. The van der Waals surface area contributed by atoms with Crippen molar-refractivity contribution in [2.45, 2.75) is 12.8 Å². The summed E-state index contributed by atoms with van der Waals surface area (Å²) in [5.41, 5.74) is 0.792. The van der Waals surface area contributed by atoms with Crippen LogP contribution in [0.4, 0.5) is 5.69 Å². The quantitative estimate of drug-likeness (QED) is 0.907. The predicted octanol–water partition coefficient (Wildman–Crippen LogP) is 2.19. The van der Waals surface area contributed by atoms with Gasteiger partial charge in [0.15, 0.2) is 0 Å². The van der Waals surface area contributed by atoms with E-state index in [9.17, 15) is 4.79 Å². The highest BCUT2D eigenvalue weighted by Gasteiger charge is 2.11. The molecule has 0 radical (unpaired) electrons. The van der Waals surface area contributed by atoms with E-state index in [-0.39, 0.29) is 12.5 Å². The Morgan fingerprint density at radius 3 is 2.76 bits per heavy atom. The molecule has 0 saturated heterocycles. The summed E-state index contributed by atoms with van der Waals surface area (Å²) in [6.07, 6.45) is 0.831. The van der Waals surface area contributed by atoms with Gasteiger partial charge in [0, 0.05) is 25.8 Å². The van der Waals surface area contributed by atoms with Crippen LogP contribution in [0.3, 0.4) is 0 Å². The minimum absolute atomic E-state index is 0.0175. The highest BCUT2D eigenvalue weighted by molar-refractivity contribution is 9.10. The average Bonchev–Trinajstić information content (AvgIpc) is 2.34. The molecule has 1 amide bonds. The van der Waals surface area contributed by atoms with E-state index >= 15 is 0 Å². The monoisotopic (exact) mass is 301 g/mol. The number of benzene rings is 1. The lowest BCUT2D eigenvalue weighted by Crippen LogP contribution is -2.26. The van der Waals surface area contributed by atoms with Crippen molar-refractivity contribution in [3.05, 3.63) is 22.7 Å². The van der Waals surface area contributed by atoms with Crippen molar-refractivity contribution in [2.75, 3.05) is 25.7 Å². The molecule has 1 N–H and O–H groups in total. The third kappa shape index (κ3) is 3.71. The van der Waals surface area contributed by atoms with Gasteiger partial charge >= 0.3 is 0 Å². The predicted molar refractivity (Wildman–Crippen MR) is 70.4 cm³/mol. The van der Waals surface area contributed by atoms with Crippen LogP contribution < -0.4 is 9.64 Å². The highest BCUT2D eigenvalue weighted by atomic mass is 79.9. The van der Waals surface area contributed by atoms with Gasteiger partial charge in [0.2, 0.25) is 5.91 Å². The third-order valence-electron chi connectivity index (χ3n) is 2.45. The Labute approximate surface area is 109 Å². The smallest absolute Gasteiger partial charge is 0.226 e. The first-order valence-electron chi connectivity index (χ1n) is 5.31. The van der Waals surface area contributed by atoms with E-state index < -0.39 is 0 Å². The molecule has 1 rings (SSSR count). The molecule has 4 nitrogen and oxygen atoms in total. The molecule has 5 heteroatoms. The number of halogens is 1. The maximum atomic E-state index is 11.7. The van der Waals surface area contributed by atoms with E-state index in [4.69, 9.17) is 9.84 Å². The summed E-state index contributed by atoms with van der Waals surface area (Å²) < 4.78 is 5.93. The maximum absolute atomic E-state index is 11.7. The lowest BCUT2D eigenvalue weighted by Gasteiger charge is -2.18. The molecule has 0 bridgehead atoms. The summed E-state index contributed by atoms with van der Waals surface area (Å²) in [4.78, 5) is 13.3. The zero-order chi connectivity index (χ0) is 12.8. The molecule has 0 atom stereocenters. The van der Waals surface area contributed by atoms with Crippen LogP contribution in [-0.2, 0) is 4.79 Å². The number of carbonyl (C=O) groups is 1. The number of aliphatic hydroxyl groups excluding tert-OH is 1. The van der Waals surface area contributed by atoms with Gasteiger partial charge in [0.25, 0.3) is 0 Å². The van der Waals surface area contributed by atoms with Crippen molar-refractivity contribution in [3.63, 3.8) is 0 Å². The zero-order valence-electron chi connectivity index (χ0n) is 9.94. The number of nitrogens with zero attached hydrogens (tertiary/aromatic N) is 1. The van der Waals surface area contributed by atoms with Gasteiger partial charge in [-0.15, -0.1) is 0 Å². The van der Waals surface area contributed by atoms with E-state index in [0.29, 0.717) is 12.8 Å². The second kappa shape index (κ2) is 6.61. The molecule has 0 aliphatic heterocycles. The van der Waals surface area contributed by atoms with Crippen molar-refractivity contribution >= 4 is 27.5 Å². The number of carbonyl (C=O) groups excluding carboxylic acids is 1. The van der Waals surface area contributed by atoms with Crippen LogP contribution in [0.15, 0.2) is 22.7 Å². The van der Waals surface area contributed by atoms with Gasteiger partial charge in [-0.1, -0.05) is 0 Å². The van der Waals surface area contributed by atoms with Crippen molar-refractivity contribution in [1.29, 1.82) is 0 Å². The molecule has 0 aromatic heterocycles. The van der Waals surface area contributed by atoms with Crippen LogP contribution in [0, 0.1) is 0 Å². The topological polar surface area (TPSA) is 49.8 Å². The molecule has 0 aliphatic rings. The van der Waals surface area contributed by atoms with Gasteiger partial charge < -0.3 is 14.7 Å². The Bertz CT molecular complexity index is 395.